The van der Waals surface area contributed by atoms with Crippen molar-refractivity contribution in [3.05, 3.63) is 35.0 Å². The Bertz CT molecular complexity index is 532. The van der Waals surface area contributed by atoms with E-state index in [-0.39, 0.29) is 6.29 Å². The summed E-state index contributed by atoms with van der Waals surface area (Å²) in [4.78, 5) is 3.36. The summed E-state index contributed by atoms with van der Waals surface area (Å²) >= 11 is 6.14. The molecule has 0 amide bonds. The molecule has 2 aromatic rings. The van der Waals surface area contributed by atoms with Gasteiger partial charge >= 0.3 is 0 Å². The third-order valence-corrected chi connectivity index (χ3v) is 3.52. The van der Waals surface area contributed by atoms with Crippen molar-refractivity contribution in [2.45, 2.75) is 25.6 Å². The Morgan fingerprint density at radius 3 is 2.89 bits per heavy atom. The summed E-state index contributed by atoms with van der Waals surface area (Å²) in [5.74, 6) is 0. The van der Waals surface area contributed by atoms with E-state index in [9.17, 15) is 0 Å². The Labute approximate surface area is 111 Å². The van der Waals surface area contributed by atoms with Gasteiger partial charge in [-0.1, -0.05) is 23.7 Å². The van der Waals surface area contributed by atoms with Crippen LogP contribution in [-0.4, -0.2) is 24.5 Å². The van der Waals surface area contributed by atoms with Crippen molar-refractivity contribution in [3.63, 3.8) is 0 Å². The molecule has 0 spiro atoms. The Hall–Kier alpha value is -1.03. The van der Waals surface area contributed by atoms with E-state index in [1.165, 1.54) is 5.69 Å². The molecule has 1 aliphatic rings. The molecule has 1 aromatic carbocycles. The van der Waals surface area contributed by atoms with Gasteiger partial charge in [-0.2, -0.15) is 0 Å². The number of aryl methyl sites for hydroxylation is 1. The van der Waals surface area contributed by atoms with Gasteiger partial charge in [0.2, 0.25) is 0 Å². The van der Waals surface area contributed by atoms with Gasteiger partial charge in [-0.15, -0.1) is 0 Å². The van der Waals surface area contributed by atoms with Gasteiger partial charge in [0.1, 0.15) is 0 Å². The first-order valence-corrected chi connectivity index (χ1v) is 6.70. The minimum Gasteiger partial charge on any atom is -0.357 e. The number of para-hydroxylation sites is 1. The van der Waals surface area contributed by atoms with Crippen LogP contribution >= 0.6 is 11.6 Å². The highest BCUT2D eigenvalue weighted by molar-refractivity contribution is 6.35. The first-order valence-electron chi connectivity index (χ1n) is 6.32. The van der Waals surface area contributed by atoms with E-state index in [0.29, 0.717) is 0 Å². The van der Waals surface area contributed by atoms with E-state index in [1.807, 2.05) is 12.1 Å². The van der Waals surface area contributed by atoms with Gasteiger partial charge in [0.05, 0.1) is 23.8 Å². The molecule has 18 heavy (non-hydrogen) atoms. The van der Waals surface area contributed by atoms with Gasteiger partial charge in [-0.05, 0) is 25.0 Å². The largest absolute Gasteiger partial charge is 0.357 e. The molecule has 2 heterocycles. The molecule has 0 radical (unpaired) electrons. The number of ether oxygens (including phenoxy) is 2. The number of nitrogens with one attached hydrogen (secondary N) is 1. The number of benzene rings is 1. The number of aromatic nitrogens is 1. The van der Waals surface area contributed by atoms with Crippen molar-refractivity contribution in [2.75, 3.05) is 13.2 Å². The van der Waals surface area contributed by atoms with E-state index in [2.05, 4.69) is 17.1 Å². The molecular formula is C14H16ClNO2. The molecule has 1 N–H and O–H groups in total. The predicted molar refractivity (Wildman–Crippen MR) is 71.9 cm³/mol. The van der Waals surface area contributed by atoms with Gasteiger partial charge in [-0.3, -0.25) is 0 Å². The number of hydrogen-bond acceptors (Lipinski definition) is 2. The Morgan fingerprint density at radius 2 is 2.11 bits per heavy atom. The zero-order chi connectivity index (χ0) is 12.4. The van der Waals surface area contributed by atoms with Gasteiger partial charge in [0.15, 0.2) is 6.29 Å². The van der Waals surface area contributed by atoms with Gasteiger partial charge in [-0.25, -0.2) is 0 Å². The average molecular weight is 266 g/mol. The summed E-state index contributed by atoms with van der Waals surface area (Å²) in [6.45, 7) is 1.62. The second-order valence-electron chi connectivity index (χ2n) is 4.56. The number of aromatic amines is 1. The van der Waals surface area contributed by atoms with Crippen LogP contribution in [0.1, 0.15) is 18.5 Å². The second kappa shape index (κ2) is 5.31. The summed E-state index contributed by atoms with van der Waals surface area (Å²) in [5.41, 5.74) is 2.19. The second-order valence-corrected chi connectivity index (χ2v) is 4.97. The third-order valence-electron chi connectivity index (χ3n) is 3.21. The van der Waals surface area contributed by atoms with Crippen molar-refractivity contribution in [3.8, 4) is 0 Å². The van der Waals surface area contributed by atoms with Crippen LogP contribution in [0.15, 0.2) is 24.3 Å². The SMILES string of the molecule is Clc1cccc2cc(CCC3OCCCO3)[nH]c12. The molecule has 0 unspecified atom stereocenters. The summed E-state index contributed by atoms with van der Waals surface area (Å²) in [5, 5.41) is 1.92. The van der Waals surface area contributed by atoms with Crippen LogP contribution < -0.4 is 0 Å². The quantitative estimate of drug-likeness (QED) is 0.921. The van der Waals surface area contributed by atoms with Crippen molar-refractivity contribution >= 4 is 22.5 Å². The van der Waals surface area contributed by atoms with E-state index in [1.54, 1.807) is 0 Å². The fraction of sp³-hybridized carbons (Fsp3) is 0.429. The molecule has 1 aliphatic heterocycles. The number of hydrogen-bond donors (Lipinski definition) is 1. The highest BCUT2D eigenvalue weighted by atomic mass is 35.5. The maximum atomic E-state index is 6.14. The lowest BCUT2D eigenvalue weighted by Gasteiger charge is -2.22. The molecule has 3 nitrogen and oxygen atoms in total. The standard InChI is InChI=1S/C14H16ClNO2/c15-12-4-1-3-10-9-11(16-14(10)12)5-6-13-17-7-2-8-18-13/h1,3-4,9,13,16H,2,5-8H2. The van der Waals surface area contributed by atoms with Crippen LogP contribution in [0.25, 0.3) is 10.9 Å². The molecule has 96 valence electrons. The van der Waals surface area contributed by atoms with E-state index >= 15 is 0 Å². The van der Waals surface area contributed by atoms with E-state index in [0.717, 1.165) is 48.4 Å². The molecule has 0 atom stereocenters. The topological polar surface area (TPSA) is 34.2 Å². The monoisotopic (exact) mass is 265 g/mol. The molecule has 0 bridgehead atoms. The Kier molecular flexibility index (Phi) is 3.55. The van der Waals surface area contributed by atoms with Crippen LogP contribution in [0.4, 0.5) is 0 Å². The first kappa shape index (κ1) is 12.0. The Morgan fingerprint density at radius 1 is 1.28 bits per heavy atom. The predicted octanol–water partition coefficient (Wildman–Crippen LogP) is 3.52. The van der Waals surface area contributed by atoms with E-state index in [4.69, 9.17) is 21.1 Å². The van der Waals surface area contributed by atoms with Crippen LogP contribution in [0, 0.1) is 0 Å². The maximum absolute atomic E-state index is 6.14. The van der Waals surface area contributed by atoms with E-state index < -0.39 is 0 Å². The van der Waals surface area contributed by atoms with Crippen LogP contribution in [0.5, 0.6) is 0 Å². The van der Waals surface area contributed by atoms with Gasteiger partial charge in [0.25, 0.3) is 0 Å². The maximum Gasteiger partial charge on any atom is 0.157 e. The lowest BCUT2D eigenvalue weighted by molar-refractivity contribution is -0.180. The number of rotatable bonds is 3. The molecule has 4 heteroatoms. The number of halogens is 1. The lowest BCUT2D eigenvalue weighted by Crippen LogP contribution is -2.25. The highest BCUT2D eigenvalue weighted by Gasteiger charge is 2.14. The number of fused-ring (bicyclic) bond motifs is 1. The summed E-state index contributed by atoms with van der Waals surface area (Å²) < 4.78 is 11.1. The molecule has 0 saturated carbocycles. The normalized spacial score (nSPS) is 17.4. The Balaban J connectivity index is 1.69. The molecular weight excluding hydrogens is 250 g/mol. The van der Waals surface area contributed by atoms with Crippen molar-refractivity contribution in [1.29, 1.82) is 0 Å². The summed E-state index contributed by atoms with van der Waals surface area (Å²) in [6, 6.07) is 8.08. The minimum atomic E-state index is -0.0550. The van der Waals surface area contributed by atoms with Crippen molar-refractivity contribution < 1.29 is 9.47 Å². The average Bonchev–Trinajstić information content (AvgIpc) is 2.82. The van der Waals surface area contributed by atoms with Crippen LogP contribution in [-0.2, 0) is 15.9 Å². The number of H-pyrrole nitrogens is 1. The summed E-state index contributed by atoms with van der Waals surface area (Å²) in [6.07, 6.45) is 2.74. The molecule has 1 fully saturated rings. The molecule has 1 saturated heterocycles. The van der Waals surface area contributed by atoms with Crippen molar-refractivity contribution in [2.24, 2.45) is 0 Å². The minimum absolute atomic E-state index is 0.0550. The fourth-order valence-corrected chi connectivity index (χ4v) is 2.52. The van der Waals surface area contributed by atoms with Crippen LogP contribution in [0.2, 0.25) is 5.02 Å². The molecule has 0 aliphatic carbocycles. The fourth-order valence-electron chi connectivity index (χ4n) is 2.29. The molecule has 1 aromatic heterocycles. The zero-order valence-electron chi connectivity index (χ0n) is 10.1. The van der Waals surface area contributed by atoms with Gasteiger partial charge < -0.3 is 14.5 Å². The third kappa shape index (κ3) is 2.53. The summed E-state index contributed by atoms with van der Waals surface area (Å²) in [7, 11) is 0. The zero-order valence-corrected chi connectivity index (χ0v) is 10.9. The van der Waals surface area contributed by atoms with Gasteiger partial charge in [0, 0.05) is 17.5 Å². The molecule has 3 rings (SSSR count). The highest BCUT2D eigenvalue weighted by Crippen LogP contribution is 2.24. The van der Waals surface area contributed by atoms with Crippen LogP contribution in [0.3, 0.4) is 0 Å². The lowest BCUT2D eigenvalue weighted by atomic mass is 10.2. The smallest absolute Gasteiger partial charge is 0.157 e. The van der Waals surface area contributed by atoms with Crippen molar-refractivity contribution in [1.82, 2.24) is 4.98 Å². The first-order chi connectivity index (χ1) is 8.83.